The Bertz CT molecular complexity index is 717. The Hall–Kier alpha value is -1.35. The highest BCUT2D eigenvalue weighted by molar-refractivity contribution is 7.89. The summed E-state index contributed by atoms with van der Waals surface area (Å²) in [6.07, 6.45) is 1.00. The molecule has 1 aliphatic rings. The Morgan fingerprint density at radius 1 is 1.31 bits per heavy atom. The predicted octanol–water partition coefficient (Wildman–Crippen LogP) is 1.47. The minimum absolute atomic E-state index is 0. The Labute approximate surface area is 161 Å². The van der Waals surface area contributed by atoms with Crippen molar-refractivity contribution in [3.05, 3.63) is 23.8 Å². The van der Waals surface area contributed by atoms with Gasteiger partial charge < -0.3 is 15.8 Å². The molecular formula is C17H28ClN3O4S. The van der Waals surface area contributed by atoms with Crippen LogP contribution in [0.25, 0.3) is 0 Å². The summed E-state index contributed by atoms with van der Waals surface area (Å²) in [5, 5.41) is 2.65. The van der Waals surface area contributed by atoms with Gasteiger partial charge in [0, 0.05) is 31.7 Å². The monoisotopic (exact) mass is 405 g/mol. The largest absolute Gasteiger partial charge is 0.495 e. The first-order chi connectivity index (χ1) is 11.8. The Morgan fingerprint density at radius 2 is 1.92 bits per heavy atom. The van der Waals surface area contributed by atoms with Crippen LogP contribution in [0.1, 0.15) is 30.6 Å². The number of ether oxygens (including phenoxy) is 1. The van der Waals surface area contributed by atoms with Gasteiger partial charge in [0.1, 0.15) is 10.6 Å². The fourth-order valence-electron chi connectivity index (χ4n) is 3.25. The van der Waals surface area contributed by atoms with Crippen LogP contribution in [0.3, 0.4) is 0 Å². The van der Waals surface area contributed by atoms with Crippen LogP contribution in [-0.4, -0.2) is 51.9 Å². The SMILES string of the molecule is COc1ccc(C(=O)NCCN)cc1S(=O)(=O)N1CC(C)CC(C)C1.Cl. The minimum Gasteiger partial charge on any atom is -0.495 e. The van der Waals surface area contributed by atoms with Gasteiger partial charge in [-0.3, -0.25) is 4.79 Å². The number of nitrogens with two attached hydrogens (primary N) is 1. The lowest BCUT2D eigenvalue weighted by Gasteiger charge is -2.34. The zero-order valence-corrected chi connectivity index (χ0v) is 17.0. The van der Waals surface area contributed by atoms with Gasteiger partial charge in [0.2, 0.25) is 10.0 Å². The number of nitrogens with zero attached hydrogens (tertiary/aromatic N) is 1. The van der Waals surface area contributed by atoms with Crippen LogP contribution in [0.4, 0.5) is 0 Å². The molecule has 0 bridgehead atoms. The van der Waals surface area contributed by atoms with Gasteiger partial charge in [0.25, 0.3) is 5.91 Å². The molecule has 1 aromatic carbocycles. The minimum atomic E-state index is -3.74. The van der Waals surface area contributed by atoms with Crippen molar-refractivity contribution in [3.63, 3.8) is 0 Å². The van der Waals surface area contributed by atoms with Gasteiger partial charge in [-0.25, -0.2) is 8.42 Å². The Morgan fingerprint density at radius 3 is 2.46 bits per heavy atom. The summed E-state index contributed by atoms with van der Waals surface area (Å²) in [6, 6.07) is 4.44. The topological polar surface area (TPSA) is 102 Å². The van der Waals surface area contributed by atoms with Gasteiger partial charge in [-0.1, -0.05) is 13.8 Å². The molecule has 3 N–H and O–H groups in total. The van der Waals surface area contributed by atoms with Crippen molar-refractivity contribution in [2.75, 3.05) is 33.3 Å². The molecule has 2 rings (SSSR count). The number of amides is 1. The van der Waals surface area contributed by atoms with E-state index in [9.17, 15) is 13.2 Å². The summed E-state index contributed by atoms with van der Waals surface area (Å²) in [5.41, 5.74) is 5.66. The highest BCUT2D eigenvalue weighted by atomic mass is 35.5. The van der Waals surface area contributed by atoms with Gasteiger partial charge in [-0.2, -0.15) is 4.31 Å². The van der Waals surface area contributed by atoms with Crippen molar-refractivity contribution in [3.8, 4) is 5.75 Å². The summed E-state index contributed by atoms with van der Waals surface area (Å²) < 4.78 is 33.0. The van der Waals surface area contributed by atoms with E-state index in [0.29, 0.717) is 38.0 Å². The fourth-order valence-corrected chi connectivity index (χ4v) is 5.11. The second-order valence-corrected chi connectivity index (χ2v) is 8.58. The molecule has 9 heteroatoms. The van der Waals surface area contributed by atoms with Crippen molar-refractivity contribution >= 4 is 28.3 Å². The molecule has 2 atom stereocenters. The quantitative estimate of drug-likeness (QED) is 0.746. The van der Waals surface area contributed by atoms with E-state index >= 15 is 0 Å². The number of carbonyl (C=O) groups is 1. The lowest BCUT2D eigenvalue weighted by Crippen LogP contribution is -2.42. The first kappa shape index (κ1) is 22.7. The van der Waals surface area contributed by atoms with Crippen LogP contribution in [0.2, 0.25) is 0 Å². The molecule has 0 spiro atoms. The number of hydrogen-bond acceptors (Lipinski definition) is 5. The molecular weight excluding hydrogens is 378 g/mol. The summed E-state index contributed by atoms with van der Waals surface area (Å²) in [7, 11) is -2.32. The average molecular weight is 406 g/mol. The maximum absolute atomic E-state index is 13.1. The maximum atomic E-state index is 13.1. The Balaban J connectivity index is 0.00000338. The van der Waals surface area contributed by atoms with E-state index in [1.54, 1.807) is 6.07 Å². The van der Waals surface area contributed by atoms with E-state index in [1.807, 2.05) is 13.8 Å². The summed E-state index contributed by atoms with van der Waals surface area (Å²) >= 11 is 0. The van der Waals surface area contributed by atoms with Gasteiger partial charge in [0.15, 0.2) is 0 Å². The highest BCUT2D eigenvalue weighted by Gasteiger charge is 2.34. The molecule has 7 nitrogen and oxygen atoms in total. The van der Waals surface area contributed by atoms with Crippen LogP contribution in [0.5, 0.6) is 5.75 Å². The molecule has 0 radical (unpaired) electrons. The number of rotatable bonds is 6. The third-order valence-corrected chi connectivity index (χ3v) is 6.16. The molecule has 26 heavy (non-hydrogen) atoms. The van der Waals surface area contributed by atoms with Crippen molar-refractivity contribution in [1.82, 2.24) is 9.62 Å². The van der Waals surface area contributed by atoms with Crippen LogP contribution >= 0.6 is 12.4 Å². The normalized spacial score (nSPS) is 20.9. The van der Waals surface area contributed by atoms with E-state index in [-0.39, 0.29) is 34.5 Å². The van der Waals surface area contributed by atoms with E-state index in [0.717, 1.165) is 6.42 Å². The van der Waals surface area contributed by atoms with E-state index < -0.39 is 10.0 Å². The number of piperidine rings is 1. The van der Waals surface area contributed by atoms with Crippen molar-refractivity contribution < 1.29 is 17.9 Å². The molecule has 0 aromatic heterocycles. The molecule has 1 aliphatic heterocycles. The molecule has 1 fully saturated rings. The molecule has 0 saturated carbocycles. The smallest absolute Gasteiger partial charge is 0.251 e. The summed E-state index contributed by atoms with van der Waals surface area (Å²) in [4.78, 5) is 12.2. The number of nitrogens with one attached hydrogen (secondary N) is 1. The van der Waals surface area contributed by atoms with Gasteiger partial charge in [0.05, 0.1) is 7.11 Å². The van der Waals surface area contributed by atoms with E-state index in [1.165, 1.54) is 23.5 Å². The lowest BCUT2D eigenvalue weighted by molar-refractivity contribution is 0.0954. The van der Waals surface area contributed by atoms with E-state index in [4.69, 9.17) is 10.5 Å². The number of carbonyl (C=O) groups excluding carboxylic acids is 1. The molecule has 148 valence electrons. The average Bonchev–Trinajstić information content (AvgIpc) is 2.58. The van der Waals surface area contributed by atoms with Crippen LogP contribution in [0.15, 0.2) is 23.1 Å². The fraction of sp³-hybridized carbons (Fsp3) is 0.588. The van der Waals surface area contributed by atoms with Crippen LogP contribution in [-0.2, 0) is 10.0 Å². The zero-order valence-electron chi connectivity index (χ0n) is 15.4. The first-order valence-electron chi connectivity index (χ1n) is 8.46. The van der Waals surface area contributed by atoms with Gasteiger partial charge in [-0.15, -0.1) is 12.4 Å². The summed E-state index contributed by atoms with van der Waals surface area (Å²) in [5.74, 6) is 0.465. The van der Waals surface area contributed by atoms with Gasteiger partial charge >= 0.3 is 0 Å². The molecule has 1 aromatic rings. The number of hydrogen-bond donors (Lipinski definition) is 2. The predicted molar refractivity (Wildman–Crippen MR) is 103 cm³/mol. The number of halogens is 1. The Kier molecular flexibility index (Phi) is 8.33. The third-order valence-electron chi connectivity index (χ3n) is 4.31. The zero-order chi connectivity index (χ0) is 18.6. The maximum Gasteiger partial charge on any atom is 0.251 e. The van der Waals surface area contributed by atoms with E-state index in [2.05, 4.69) is 5.32 Å². The lowest BCUT2D eigenvalue weighted by atomic mass is 9.94. The number of sulfonamides is 1. The molecule has 1 saturated heterocycles. The first-order valence-corrected chi connectivity index (χ1v) is 9.90. The second kappa shape index (κ2) is 9.55. The highest BCUT2D eigenvalue weighted by Crippen LogP contribution is 2.32. The van der Waals surface area contributed by atoms with Crippen LogP contribution < -0.4 is 15.8 Å². The third kappa shape index (κ3) is 5.09. The molecule has 1 amide bonds. The molecule has 0 aliphatic carbocycles. The van der Waals surface area contributed by atoms with Crippen molar-refractivity contribution in [2.24, 2.45) is 17.6 Å². The van der Waals surface area contributed by atoms with Crippen molar-refractivity contribution in [1.29, 1.82) is 0 Å². The number of methoxy groups -OCH3 is 1. The summed E-state index contributed by atoms with van der Waals surface area (Å²) in [6.45, 7) is 5.68. The standard InChI is InChI=1S/C17H27N3O4S.ClH/c1-12-8-13(2)11-20(10-12)25(22,23)16-9-14(4-5-15(16)24-3)17(21)19-7-6-18;/h4-5,9,12-13H,6-8,10-11,18H2,1-3H3,(H,19,21);1H. The second-order valence-electron chi connectivity index (χ2n) is 6.68. The molecule has 1 heterocycles. The van der Waals surface area contributed by atoms with Crippen LogP contribution in [0, 0.1) is 11.8 Å². The van der Waals surface area contributed by atoms with Gasteiger partial charge in [-0.05, 0) is 36.5 Å². The molecule has 2 unspecified atom stereocenters. The van der Waals surface area contributed by atoms with Crippen molar-refractivity contribution in [2.45, 2.75) is 25.2 Å². The number of benzene rings is 1.